The van der Waals surface area contributed by atoms with E-state index in [0.29, 0.717) is 4.88 Å². The predicted octanol–water partition coefficient (Wildman–Crippen LogP) is 3.03. The molecule has 6 heteroatoms. The third kappa shape index (κ3) is 3.39. The van der Waals surface area contributed by atoms with Gasteiger partial charge in [-0.2, -0.15) is 0 Å². The van der Waals surface area contributed by atoms with Crippen LogP contribution in [0.4, 0.5) is 0 Å². The Morgan fingerprint density at radius 1 is 1.38 bits per heavy atom. The number of carbonyl (C=O) groups excluding carboxylic acids is 1. The Bertz CT molecular complexity index is 610. The Morgan fingerprint density at radius 2 is 2.05 bits per heavy atom. The molecule has 2 rings (SSSR count). The molecule has 21 heavy (non-hydrogen) atoms. The van der Waals surface area contributed by atoms with Crippen molar-refractivity contribution in [1.29, 1.82) is 0 Å². The summed E-state index contributed by atoms with van der Waals surface area (Å²) in [4.78, 5) is 14.9. The largest absolute Gasteiger partial charge is 0.508 e. The molecule has 0 saturated heterocycles. The van der Waals surface area contributed by atoms with E-state index >= 15 is 0 Å². The zero-order chi connectivity index (χ0) is 15.4. The smallest absolute Gasteiger partial charge is 0.267 e. The minimum Gasteiger partial charge on any atom is -0.508 e. The number of aromatic hydroxyl groups is 1. The van der Waals surface area contributed by atoms with Gasteiger partial charge in [-0.25, -0.2) is 0 Å². The number of hydrogen-bond acceptors (Lipinski definition) is 5. The van der Waals surface area contributed by atoms with Crippen molar-refractivity contribution in [3.8, 4) is 5.75 Å². The van der Waals surface area contributed by atoms with Gasteiger partial charge in [0, 0.05) is 7.05 Å². The molecule has 0 bridgehead atoms. The number of hydrogen-bond donors (Lipinski definition) is 1. The van der Waals surface area contributed by atoms with Gasteiger partial charge in [-0.1, -0.05) is 30.0 Å². The molecule has 112 valence electrons. The molecule has 1 unspecified atom stereocenters. The van der Waals surface area contributed by atoms with Crippen molar-refractivity contribution >= 4 is 17.4 Å². The second-order valence-corrected chi connectivity index (χ2v) is 5.74. The minimum absolute atomic E-state index is 0.0611. The van der Waals surface area contributed by atoms with Crippen LogP contribution in [0.5, 0.6) is 5.75 Å². The fraction of sp³-hybridized carbons (Fsp3) is 0.400. The highest BCUT2D eigenvalue weighted by molar-refractivity contribution is 7.08. The van der Waals surface area contributed by atoms with Crippen molar-refractivity contribution in [2.45, 2.75) is 32.7 Å². The van der Waals surface area contributed by atoms with Crippen LogP contribution >= 0.6 is 11.5 Å². The fourth-order valence-corrected chi connectivity index (χ4v) is 2.78. The van der Waals surface area contributed by atoms with E-state index in [-0.39, 0.29) is 17.7 Å². The number of phenolic OH excluding ortho intramolecular Hbond substituents is 1. The number of amides is 1. The second-order valence-electron chi connectivity index (χ2n) is 4.98. The van der Waals surface area contributed by atoms with Gasteiger partial charge in [-0.05, 0) is 42.6 Å². The first-order valence-electron chi connectivity index (χ1n) is 6.92. The first-order chi connectivity index (χ1) is 10.0. The van der Waals surface area contributed by atoms with Crippen LogP contribution < -0.4 is 0 Å². The Hall–Kier alpha value is -1.95. The fourth-order valence-electron chi connectivity index (χ4n) is 2.08. The average Bonchev–Trinajstić information content (AvgIpc) is 2.94. The lowest BCUT2D eigenvalue weighted by Gasteiger charge is -2.25. The quantitative estimate of drug-likeness (QED) is 0.922. The van der Waals surface area contributed by atoms with E-state index in [2.05, 4.69) is 16.5 Å². The van der Waals surface area contributed by atoms with E-state index in [4.69, 9.17) is 0 Å². The Kier molecular flexibility index (Phi) is 4.90. The lowest BCUT2D eigenvalue weighted by atomic mass is 10.1. The summed E-state index contributed by atoms with van der Waals surface area (Å²) in [6, 6.07) is 6.81. The molecule has 0 fully saturated rings. The number of phenols is 1. The van der Waals surface area contributed by atoms with E-state index in [9.17, 15) is 9.90 Å². The molecule has 1 atom stereocenters. The second kappa shape index (κ2) is 6.67. The van der Waals surface area contributed by atoms with Crippen molar-refractivity contribution in [3.63, 3.8) is 0 Å². The molecule has 1 aromatic heterocycles. The van der Waals surface area contributed by atoms with Crippen LogP contribution in [0.15, 0.2) is 24.3 Å². The molecule has 2 aromatic rings. The van der Waals surface area contributed by atoms with Gasteiger partial charge >= 0.3 is 0 Å². The van der Waals surface area contributed by atoms with E-state index in [0.717, 1.165) is 35.6 Å². The standard InChI is InChI=1S/C15H19N3O2S/c1-4-5-13-14(21-17-16-13)15(20)18(3)10(2)11-6-8-12(19)9-7-11/h6-10,19H,4-5H2,1-3H3. The average molecular weight is 305 g/mol. The highest BCUT2D eigenvalue weighted by Gasteiger charge is 2.23. The molecule has 1 aromatic carbocycles. The van der Waals surface area contributed by atoms with Gasteiger partial charge in [-0.15, -0.1) is 5.10 Å². The van der Waals surface area contributed by atoms with Crippen LogP contribution in [0.1, 0.15) is 47.2 Å². The van der Waals surface area contributed by atoms with Gasteiger partial charge < -0.3 is 10.0 Å². The summed E-state index contributed by atoms with van der Waals surface area (Å²) in [7, 11) is 1.77. The van der Waals surface area contributed by atoms with Gasteiger partial charge in [0.2, 0.25) is 0 Å². The molecular formula is C15H19N3O2S. The van der Waals surface area contributed by atoms with Crippen molar-refractivity contribution in [2.24, 2.45) is 0 Å². The highest BCUT2D eigenvalue weighted by atomic mass is 32.1. The summed E-state index contributed by atoms with van der Waals surface area (Å²) in [5.74, 6) is 0.158. The number of aryl methyl sites for hydroxylation is 1. The summed E-state index contributed by atoms with van der Waals surface area (Å²) >= 11 is 1.15. The molecule has 0 aliphatic carbocycles. The maximum absolute atomic E-state index is 12.6. The molecular weight excluding hydrogens is 286 g/mol. The van der Waals surface area contributed by atoms with Crippen LogP contribution in [-0.2, 0) is 6.42 Å². The maximum atomic E-state index is 12.6. The molecule has 0 radical (unpaired) electrons. The topological polar surface area (TPSA) is 66.3 Å². The van der Waals surface area contributed by atoms with Gasteiger partial charge in [0.25, 0.3) is 5.91 Å². The summed E-state index contributed by atoms with van der Waals surface area (Å²) in [5, 5.41) is 13.4. The van der Waals surface area contributed by atoms with E-state index < -0.39 is 0 Å². The highest BCUT2D eigenvalue weighted by Crippen LogP contribution is 2.24. The molecule has 0 saturated carbocycles. The van der Waals surface area contributed by atoms with Crippen LogP contribution in [0.2, 0.25) is 0 Å². The van der Waals surface area contributed by atoms with Gasteiger partial charge in [-0.3, -0.25) is 4.79 Å². The summed E-state index contributed by atoms with van der Waals surface area (Å²) in [5.41, 5.74) is 1.75. The first kappa shape index (κ1) is 15.4. The Labute approximate surface area is 128 Å². The summed E-state index contributed by atoms with van der Waals surface area (Å²) in [6.45, 7) is 4.01. The molecule has 0 spiro atoms. The lowest BCUT2D eigenvalue weighted by Crippen LogP contribution is -2.29. The molecule has 1 heterocycles. The Morgan fingerprint density at radius 3 is 2.67 bits per heavy atom. The summed E-state index contributed by atoms with van der Waals surface area (Å²) < 4.78 is 3.90. The van der Waals surface area contributed by atoms with E-state index in [1.54, 1.807) is 24.1 Å². The minimum atomic E-state index is -0.0883. The van der Waals surface area contributed by atoms with Crippen molar-refractivity contribution < 1.29 is 9.90 Å². The van der Waals surface area contributed by atoms with E-state index in [1.165, 1.54) is 0 Å². The number of nitrogens with zero attached hydrogens (tertiary/aromatic N) is 3. The molecule has 0 aliphatic heterocycles. The van der Waals surface area contributed by atoms with Gasteiger partial charge in [0.15, 0.2) is 0 Å². The zero-order valence-corrected chi connectivity index (χ0v) is 13.2. The molecule has 1 N–H and O–H groups in total. The molecule has 5 nitrogen and oxygen atoms in total. The predicted molar refractivity (Wildman–Crippen MR) is 82.5 cm³/mol. The van der Waals surface area contributed by atoms with Crippen molar-refractivity contribution in [3.05, 3.63) is 40.4 Å². The van der Waals surface area contributed by atoms with Crippen LogP contribution in [-0.4, -0.2) is 32.5 Å². The van der Waals surface area contributed by atoms with Crippen LogP contribution in [0.3, 0.4) is 0 Å². The number of carbonyl (C=O) groups is 1. The maximum Gasteiger partial charge on any atom is 0.267 e. The number of rotatable bonds is 5. The zero-order valence-electron chi connectivity index (χ0n) is 12.4. The Balaban J connectivity index is 2.18. The normalized spacial score (nSPS) is 12.1. The monoisotopic (exact) mass is 305 g/mol. The third-order valence-electron chi connectivity index (χ3n) is 3.51. The van der Waals surface area contributed by atoms with Gasteiger partial charge in [0.1, 0.15) is 10.6 Å². The van der Waals surface area contributed by atoms with E-state index in [1.807, 2.05) is 19.1 Å². The summed E-state index contributed by atoms with van der Waals surface area (Å²) in [6.07, 6.45) is 1.70. The SMILES string of the molecule is CCCc1nnsc1C(=O)N(C)C(C)c1ccc(O)cc1. The van der Waals surface area contributed by atoms with Gasteiger partial charge in [0.05, 0.1) is 11.7 Å². The first-order valence-corrected chi connectivity index (χ1v) is 7.69. The molecule has 1 amide bonds. The third-order valence-corrected chi connectivity index (χ3v) is 4.27. The van der Waals surface area contributed by atoms with Crippen molar-refractivity contribution in [2.75, 3.05) is 7.05 Å². The lowest BCUT2D eigenvalue weighted by molar-refractivity contribution is 0.0746. The molecule has 0 aliphatic rings. The number of benzene rings is 1. The van der Waals surface area contributed by atoms with Crippen molar-refractivity contribution in [1.82, 2.24) is 14.5 Å². The number of aromatic nitrogens is 2. The van der Waals surface area contributed by atoms with Crippen LogP contribution in [0.25, 0.3) is 0 Å². The van der Waals surface area contributed by atoms with Crippen LogP contribution in [0, 0.1) is 0 Å².